The van der Waals surface area contributed by atoms with Crippen LogP contribution in [0.5, 0.6) is 0 Å². The van der Waals surface area contributed by atoms with Crippen LogP contribution < -0.4 is 5.56 Å². The molecule has 0 spiro atoms. The highest BCUT2D eigenvalue weighted by molar-refractivity contribution is 6.31. The van der Waals surface area contributed by atoms with E-state index in [0.717, 1.165) is 5.56 Å². The standard InChI is InChI=1S/C12H8Cl2N4O/c1-6-9(14)11(19)18-12(15-6)16-10(17-18)7-2-4-8(13)5-3-7/h2-5H,1H3,(H,15,16,17). The van der Waals surface area contributed by atoms with Gasteiger partial charge >= 0.3 is 0 Å². The predicted molar refractivity (Wildman–Crippen MR) is 73.8 cm³/mol. The van der Waals surface area contributed by atoms with E-state index in [-0.39, 0.29) is 16.4 Å². The zero-order valence-corrected chi connectivity index (χ0v) is 11.3. The third-order valence-corrected chi connectivity index (χ3v) is 3.41. The van der Waals surface area contributed by atoms with E-state index >= 15 is 0 Å². The van der Waals surface area contributed by atoms with E-state index in [4.69, 9.17) is 23.2 Å². The molecule has 5 nitrogen and oxygen atoms in total. The van der Waals surface area contributed by atoms with Crippen LogP contribution in [0.25, 0.3) is 17.2 Å². The molecule has 0 radical (unpaired) electrons. The maximum absolute atomic E-state index is 11.9. The largest absolute Gasteiger partial charge is 0.293 e. The lowest BCUT2D eigenvalue weighted by atomic mass is 10.2. The Kier molecular flexibility index (Phi) is 2.80. The predicted octanol–water partition coefficient (Wildman–Crippen LogP) is 2.70. The van der Waals surface area contributed by atoms with Crippen molar-refractivity contribution < 1.29 is 0 Å². The normalized spacial score (nSPS) is 11.1. The second kappa shape index (κ2) is 4.36. The van der Waals surface area contributed by atoms with E-state index in [1.165, 1.54) is 4.52 Å². The van der Waals surface area contributed by atoms with E-state index in [2.05, 4.69) is 15.1 Å². The summed E-state index contributed by atoms with van der Waals surface area (Å²) in [6.45, 7) is 1.67. The van der Waals surface area contributed by atoms with Crippen LogP contribution in [0, 0.1) is 6.92 Å². The molecule has 7 heteroatoms. The molecule has 0 unspecified atom stereocenters. The van der Waals surface area contributed by atoms with E-state index in [9.17, 15) is 4.79 Å². The van der Waals surface area contributed by atoms with Crippen LogP contribution in [-0.4, -0.2) is 19.6 Å². The highest BCUT2D eigenvalue weighted by Crippen LogP contribution is 2.18. The number of aromatic amines is 1. The Bertz CT molecular complexity index is 820. The average molecular weight is 295 g/mol. The lowest BCUT2D eigenvalue weighted by molar-refractivity contribution is 0.892. The Morgan fingerprint density at radius 3 is 2.53 bits per heavy atom. The van der Waals surface area contributed by atoms with Gasteiger partial charge in [-0.25, -0.2) is 4.98 Å². The highest BCUT2D eigenvalue weighted by atomic mass is 35.5. The van der Waals surface area contributed by atoms with Crippen LogP contribution in [0.1, 0.15) is 5.69 Å². The average Bonchev–Trinajstić information content (AvgIpc) is 2.81. The number of benzene rings is 1. The molecule has 0 aliphatic carbocycles. The molecule has 2 aromatic heterocycles. The first-order valence-electron chi connectivity index (χ1n) is 5.47. The maximum Gasteiger partial charge on any atom is 0.293 e. The molecule has 0 aliphatic heterocycles. The summed E-state index contributed by atoms with van der Waals surface area (Å²) in [5.41, 5.74) is 0.903. The number of H-pyrrole nitrogens is 1. The molecule has 2 heterocycles. The molecular formula is C12H8Cl2N4O. The Morgan fingerprint density at radius 1 is 1.16 bits per heavy atom. The summed E-state index contributed by atoms with van der Waals surface area (Å²) in [5.74, 6) is 0.819. The van der Waals surface area contributed by atoms with Crippen LogP contribution in [-0.2, 0) is 0 Å². The number of nitrogens with one attached hydrogen (secondary N) is 1. The molecule has 3 aromatic rings. The second-order valence-corrected chi connectivity index (χ2v) is 4.85. The van der Waals surface area contributed by atoms with Gasteiger partial charge in [0, 0.05) is 10.6 Å². The SMILES string of the molecule is Cc1nc2nc(-c3ccc(Cl)cc3)[nH]n2c(=O)c1Cl. The molecular weight excluding hydrogens is 287 g/mol. The van der Waals surface area contributed by atoms with Gasteiger partial charge in [0.1, 0.15) is 5.02 Å². The number of halogens is 2. The van der Waals surface area contributed by atoms with Gasteiger partial charge in [-0.2, -0.15) is 9.50 Å². The van der Waals surface area contributed by atoms with Crippen LogP contribution in [0.15, 0.2) is 29.1 Å². The van der Waals surface area contributed by atoms with Gasteiger partial charge in [-0.1, -0.05) is 23.2 Å². The molecule has 1 N–H and O–H groups in total. The third-order valence-electron chi connectivity index (χ3n) is 2.72. The van der Waals surface area contributed by atoms with E-state index in [0.29, 0.717) is 16.5 Å². The van der Waals surface area contributed by atoms with Crippen molar-refractivity contribution in [2.24, 2.45) is 0 Å². The first-order chi connectivity index (χ1) is 9.06. The Morgan fingerprint density at radius 2 is 1.84 bits per heavy atom. The third kappa shape index (κ3) is 2.01. The summed E-state index contributed by atoms with van der Waals surface area (Å²) >= 11 is 11.7. The fraction of sp³-hybridized carbons (Fsp3) is 0.0833. The number of hydrogen-bond donors (Lipinski definition) is 1. The number of aryl methyl sites for hydroxylation is 1. The summed E-state index contributed by atoms with van der Waals surface area (Å²) in [5, 5.41) is 3.59. The number of nitrogens with zero attached hydrogens (tertiary/aromatic N) is 3. The van der Waals surface area contributed by atoms with Gasteiger partial charge in [-0.3, -0.25) is 9.89 Å². The van der Waals surface area contributed by atoms with Gasteiger partial charge in [-0.05, 0) is 31.2 Å². The fourth-order valence-electron chi connectivity index (χ4n) is 1.74. The second-order valence-electron chi connectivity index (χ2n) is 4.03. The Balaban J connectivity index is 2.25. The van der Waals surface area contributed by atoms with Gasteiger partial charge in [0.2, 0.25) is 0 Å². The minimum atomic E-state index is -0.364. The molecule has 0 aliphatic rings. The summed E-state index contributed by atoms with van der Waals surface area (Å²) in [4.78, 5) is 20.4. The molecule has 1 aromatic carbocycles. The summed E-state index contributed by atoms with van der Waals surface area (Å²) in [6.07, 6.45) is 0. The van der Waals surface area contributed by atoms with Crippen molar-refractivity contribution in [1.82, 2.24) is 19.6 Å². The number of rotatable bonds is 1. The molecule has 0 atom stereocenters. The van der Waals surface area contributed by atoms with Crippen molar-refractivity contribution in [3.8, 4) is 11.4 Å². The minimum Gasteiger partial charge on any atom is -0.271 e. The monoisotopic (exact) mass is 294 g/mol. The topological polar surface area (TPSA) is 63.1 Å². The first kappa shape index (κ1) is 12.2. The van der Waals surface area contributed by atoms with Crippen molar-refractivity contribution in [3.63, 3.8) is 0 Å². The lowest BCUT2D eigenvalue weighted by Gasteiger charge is -1.96. The molecule has 96 valence electrons. The number of aromatic nitrogens is 4. The van der Waals surface area contributed by atoms with Gasteiger partial charge in [0.05, 0.1) is 5.69 Å². The molecule has 3 rings (SSSR count). The van der Waals surface area contributed by atoms with E-state index in [1.807, 2.05) is 0 Å². The number of fused-ring (bicyclic) bond motifs is 1. The summed E-state index contributed by atoms with van der Waals surface area (Å²) in [6, 6.07) is 7.11. The van der Waals surface area contributed by atoms with Crippen LogP contribution in [0.2, 0.25) is 10.0 Å². The van der Waals surface area contributed by atoms with Gasteiger partial charge < -0.3 is 0 Å². The Labute approximate surface area is 117 Å². The van der Waals surface area contributed by atoms with Crippen molar-refractivity contribution in [2.75, 3.05) is 0 Å². The smallest absolute Gasteiger partial charge is 0.271 e. The van der Waals surface area contributed by atoms with Gasteiger partial charge in [-0.15, -0.1) is 0 Å². The minimum absolute atomic E-state index is 0.0869. The van der Waals surface area contributed by atoms with Gasteiger partial charge in [0.25, 0.3) is 11.3 Å². The molecule has 0 bridgehead atoms. The van der Waals surface area contributed by atoms with E-state index < -0.39 is 0 Å². The van der Waals surface area contributed by atoms with Crippen molar-refractivity contribution in [3.05, 3.63) is 50.4 Å². The molecule has 0 saturated heterocycles. The maximum atomic E-state index is 11.9. The molecule has 19 heavy (non-hydrogen) atoms. The van der Waals surface area contributed by atoms with Gasteiger partial charge in [0.15, 0.2) is 5.82 Å². The van der Waals surface area contributed by atoms with Crippen LogP contribution in [0.4, 0.5) is 0 Å². The quantitative estimate of drug-likeness (QED) is 0.750. The van der Waals surface area contributed by atoms with Crippen molar-refractivity contribution in [2.45, 2.75) is 6.92 Å². The summed E-state index contributed by atoms with van der Waals surface area (Å²) < 4.78 is 1.22. The molecule has 0 fully saturated rings. The first-order valence-corrected chi connectivity index (χ1v) is 6.22. The Hall–Kier alpha value is -1.85. The molecule has 0 amide bonds. The van der Waals surface area contributed by atoms with Crippen LogP contribution in [0.3, 0.4) is 0 Å². The molecule has 0 saturated carbocycles. The lowest BCUT2D eigenvalue weighted by Crippen LogP contribution is -2.17. The zero-order chi connectivity index (χ0) is 13.6. The summed E-state index contributed by atoms with van der Waals surface area (Å²) in [7, 11) is 0. The van der Waals surface area contributed by atoms with Crippen LogP contribution >= 0.6 is 23.2 Å². The fourth-order valence-corrected chi connectivity index (χ4v) is 1.99. The van der Waals surface area contributed by atoms with Crippen molar-refractivity contribution in [1.29, 1.82) is 0 Å². The number of hydrogen-bond acceptors (Lipinski definition) is 3. The zero-order valence-electron chi connectivity index (χ0n) is 9.82. The van der Waals surface area contributed by atoms with E-state index in [1.54, 1.807) is 31.2 Å². The van der Waals surface area contributed by atoms with Crippen molar-refractivity contribution >= 4 is 29.0 Å². The highest BCUT2D eigenvalue weighted by Gasteiger charge is 2.12.